The molecule has 0 aliphatic heterocycles. The zero-order chi connectivity index (χ0) is 14.8. The Labute approximate surface area is 122 Å². The second kappa shape index (κ2) is 5.73. The number of halogens is 1. The minimum absolute atomic E-state index is 0.00247. The van der Waals surface area contributed by atoms with Crippen LogP contribution in [0, 0.1) is 0 Å². The predicted octanol–water partition coefficient (Wildman–Crippen LogP) is 3.30. The molecule has 4 nitrogen and oxygen atoms in total. The molecule has 0 aliphatic carbocycles. The van der Waals surface area contributed by atoms with Crippen molar-refractivity contribution in [2.75, 3.05) is 14.2 Å². The number of hydrogen-bond donors (Lipinski definition) is 0. The second-order valence-corrected chi connectivity index (χ2v) is 6.60. The minimum Gasteiger partial charge on any atom is -0.497 e. The van der Waals surface area contributed by atoms with Crippen LogP contribution in [0.4, 0.5) is 0 Å². The summed E-state index contributed by atoms with van der Waals surface area (Å²) in [4.78, 5) is 0.00247. The van der Waals surface area contributed by atoms with Crippen molar-refractivity contribution < 1.29 is 17.9 Å². The molecular formula is C14H13ClO4S. The molecular weight excluding hydrogens is 300 g/mol. The normalized spacial score (nSPS) is 11.2. The third kappa shape index (κ3) is 3.05. The van der Waals surface area contributed by atoms with Gasteiger partial charge in [-0.05, 0) is 29.8 Å². The number of methoxy groups -OCH3 is 2. The van der Waals surface area contributed by atoms with Gasteiger partial charge in [-0.3, -0.25) is 0 Å². The third-order valence-corrected chi connectivity index (χ3v) is 4.19. The fraction of sp³-hybridized carbons (Fsp3) is 0.143. The summed E-state index contributed by atoms with van der Waals surface area (Å²) in [7, 11) is 4.61. The highest BCUT2D eigenvalue weighted by molar-refractivity contribution is 8.13. The van der Waals surface area contributed by atoms with E-state index in [0.29, 0.717) is 11.5 Å². The van der Waals surface area contributed by atoms with E-state index in [1.807, 2.05) is 24.3 Å². The Balaban J connectivity index is 2.57. The summed E-state index contributed by atoms with van der Waals surface area (Å²) in [6.45, 7) is 0. The van der Waals surface area contributed by atoms with Crippen LogP contribution in [0.3, 0.4) is 0 Å². The van der Waals surface area contributed by atoms with Crippen molar-refractivity contribution in [3.05, 3.63) is 42.5 Å². The molecule has 2 aromatic rings. The molecule has 0 bridgehead atoms. The van der Waals surface area contributed by atoms with Gasteiger partial charge in [-0.1, -0.05) is 12.1 Å². The maximum atomic E-state index is 11.3. The van der Waals surface area contributed by atoms with Crippen LogP contribution in [0.25, 0.3) is 11.1 Å². The molecule has 0 heterocycles. The molecule has 0 spiro atoms. The van der Waals surface area contributed by atoms with Crippen LogP contribution < -0.4 is 9.47 Å². The Morgan fingerprint density at radius 3 is 2.35 bits per heavy atom. The van der Waals surface area contributed by atoms with Crippen LogP contribution >= 0.6 is 10.7 Å². The van der Waals surface area contributed by atoms with Crippen molar-refractivity contribution in [2.45, 2.75) is 4.90 Å². The molecule has 0 radical (unpaired) electrons. The molecule has 2 aromatic carbocycles. The Morgan fingerprint density at radius 1 is 1.00 bits per heavy atom. The Bertz CT molecular complexity index is 726. The SMILES string of the molecule is COc1cccc(-c2ccc(S(=O)(=O)Cl)cc2OC)c1. The Hall–Kier alpha value is -1.72. The third-order valence-electron chi connectivity index (χ3n) is 2.84. The number of rotatable bonds is 4. The quantitative estimate of drug-likeness (QED) is 0.813. The van der Waals surface area contributed by atoms with Gasteiger partial charge in [-0.25, -0.2) is 8.42 Å². The summed E-state index contributed by atoms with van der Waals surface area (Å²) in [5.41, 5.74) is 1.62. The molecule has 2 rings (SSSR count). The standard InChI is InChI=1S/C14H13ClO4S/c1-18-11-5-3-4-10(8-11)13-7-6-12(20(15,16)17)9-14(13)19-2/h3-9H,1-2H3. The van der Waals surface area contributed by atoms with Gasteiger partial charge in [0, 0.05) is 22.3 Å². The first-order valence-electron chi connectivity index (χ1n) is 5.73. The van der Waals surface area contributed by atoms with E-state index in [9.17, 15) is 8.42 Å². The maximum absolute atomic E-state index is 11.3. The molecule has 0 aliphatic rings. The van der Waals surface area contributed by atoms with Gasteiger partial charge in [0.25, 0.3) is 9.05 Å². The topological polar surface area (TPSA) is 52.6 Å². The highest BCUT2D eigenvalue weighted by Crippen LogP contribution is 2.34. The lowest BCUT2D eigenvalue weighted by Gasteiger charge is -2.11. The van der Waals surface area contributed by atoms with Gasteiger partial charge in [0.2, 0.25) is 0 Å². The van der Waals surface area contributed by atoms with Crippen molar-refractivity contribution >= 4 is 19.7 Å². The van der Waals surface area contributed by atoms with E-state index < -0.39 is 9.05 Å². The van der Waals surface area contributed by atoms with Gasteiger partial charge in [0.1, 0.15) is 11.5 Å². The highest BCUT2D eigenvalue weighted by atomic mass is 35.7. The van der Waals surface area contributed by atoms with E-state index in [1.54, 1.807) is 13.2 Å². The molecule has 6 heteroatoms. The lowest BCUT2D eigenvalue weighted by atomic mass is 10.0. The molecule has 0 fully saturated rings. The van der Waals surface area contributed by atoms with Gasteiger partial charge < -0.3 is 9.47 Å². The van der Waals surface area contributed by atoms with Crippen molar-refractivity contribution in [2.24, 2.45) is 0 Å². The first-order chi connectivity index (χ1) is 9.45. The summed E-state index contributed by atoms with van der Waals surface area (Å²) in [5, 5.41) is 0. The first-order valence-corrected chi connectivity index (χ1v) is 8.04. The molecule has 0 N–H and O–H groups in total. The average molecular weight is 313 g/mol. The van der Waals surface area contributed by atoms with E-state index in [-0.39, 0.29) is 4.90 Å². The monoisotopic (exact) mass is 312 g/mol. The van der Waals surface area contributed by atoms with E-state index in [2.05, 4.69) is 0 Å². The van der Waals surface area contributed by atoms with Crippen molar-refractivity contribution in [1.82, 2.24) is 0 Å². The lowest BCUT2D eigenvalue weighted by molar-refractivity contribution is 0.413. The van der Waals surface area contributed by atoms with Crippen LogP contribution in [0.5, 0.6) is 11.5 Å². The fourth-order valence-corrected chi connectivity index (χ4v) is 2.62. The zero-order valence-corrected chi connectivity index (χ0v) is 12.5. The molecule has 0 unspecified atom stereocenters. The minimum atomic E-state index is -3.78. The summed E-state index contributed by atoms with van der Waals surface area (Å²) >= 11 is 0. The van der Waals surface area contributed by atoms with E-state index in [4.69, 9.17) is 20.2 Å². The number of ether oxygens (including phenoxy) is 2. The van der Waals surface area contributed by atoms with Gasteiger partial charge >= 0.3 is 0 Å². The second-order valence-electron chi connectivity index (χ2n) is 4.03. The first kappa shape index (κ1) is 14.7. The van der Waals surface area contributed by atoms with Crippen molar-refractivity contribution in [3.63, 3.8) is 0 Å². The lowest BCUT2D eigenvalue weighted by Crippen LogP contribution is -1.94. The van der Waals surface area contributed by atoms with Crippen LogP contribution in [0.1, 0.15) is 0 Å². The van der Waals surface area contributed by atoms with Crippen molar-refractivity contribution in [3.8, 4) is 22.6 Å². The molecule has 0 saturated carbocycles. The van der Waals surface area contributed by atoms with Gasteiger partial charge in [-0.2, -0.15) is 0 Å². The molecule has 0 amide bonds. The summed E-state index contributed by atoms with van der Waals surface area (Å²) in [6.07, 6.45) is 0. The number of benzene rings is 2. The van der Waals surface area contributed by atoms with Crippen LogP contribution in [0.2, 0.25) is 0 Å². The zero-order valence-electron chi connectivity index (χ0n) is 11.0. The van der Waals surface area contributed by atoms with E-state index >= 15 is 0 Å². The summed E-state index contributed by atoms with van der Waals surface area (Å²) in [5.74, 6) is 1.14. The smallest absolute Gasteiger partial charge is 0.261 e. The van der Waals surface area contributed by atoms with Crippen LogP contribution in [0.15, 0.2) is 47.4 Å². The molecule has 0 aromatic heterocycles. The number of hydrogen-bond acceptors (Lipinski definition) is 4. The van der Waals surface area contributed by atoms with E-state index in [0.717, 1.165) is 11.1 Å². The van der Waals surface area contributed by atoms with Gasteiger partial charge in [0.15, 0.2) is 0 Å². The summed E-state index contributed by atoms with van der Waals surface area (Å²) < 4.78 is 33.1. The van der Waals surface area contributed by atoms with Gasteiger partial charge in [0.05, 0.1) is 19.1 Å². The van der Waals surface area contributed by atoms with Crippen LogP contribution in [-0.4, -0.2) is 22.6 Å². The van der Waals surface area contributed by atoms with Crippen LogP contribution in [-0.2, 0) is 9.05 Å². The fourth-order valence-electron chi connectivity index (χ4n) is 1.85. The van der Waals surface area contributed by atoms with Crippen molar-refractivity contribution in [1.29, 1.82) is 0 Å². The molecule has 0 saturated heterocycles. The maximum Gasteiger partial charge on any atom is 0.261 e. The predicted molar refractivity (Wildman–Crippen MR) is 78.0 cm³/mol. The largest absolute Gasteiger partial charge is 0.497 e. The highest BCUT2D eigenvalue weighted by Gasteiger charge is 2.14. The molecule has 106 valence electrons. The molecule has 20 heavy (non-hydrogen) atoms. The van der Waals surface area contributed by atoms with E-state index in [1.165, 1.54) is 19.2 Å². The Morgan fingerprint density at radius 2 is 1.75 bits per heavy atom. The van der Waals surface area contributed by atoms with Gasteiger partial charge in [-0.15, -0.1) is 0 Å². The Kier molecular flexibility index (Phi) is 4.20. The average Bonchev–Trinajstić information content (AvgIpc) is 2.45. The summed E-state index contributed by atoms with van der Waals surface area (Å²) in [6, 6.07) is 11.9. The molecule has 0 atom stereocenters.